The molecule has 0 aliphatic carbocycles. The molecule has 274 valence electrons. The molecule has 0 spiro atoms. The number of benzene rings is 4. The van der Waals surface area contributed by atoms with Gasteiger partial charge in [0.2, 0.25) is 0 Å². The van der Waals surface area contributed by atoms with Crippen LogP contribution in [0.25, 0.3) is 21.9 Å². The molecule has 2 atom stereocenters. The predicted molar refractivity (Wildman–Crippen MR) is 196 cm³/mol. The van der Waals surface area contributed by atoms with Crippen molar-refractivity contribution in [3.63, 3.8) is 0 Å². The van der Waals surface area contributed by atoms with Crippen LogP contribution in [0.2, 0.25) is 0 Å². The number of nitriles is 1. The van der Waals surface area contributed by atoms with Crippen LogP contribution in [-0.2, 0) is 23.6 Å². The van der Waals surface area contributed by atoms with Crippen molar-refractivity contribution in [3.8, 4) is 17.6 Å². The van der Waals surface area contributed by atoms with Gasteiger partial charge in [0.05, 0.1) is 53.1 Å². The van der Waals surface area contributed by atoms with Gasteiger partial charge >= 0.3 is 0 Å². The standard InChI is InChI=1S/C41H37F2N7O4/c1-23-30-18-27(19-33(43)38(30)48-47-23)45-40(51)26-7-9-35-34(17-26)46-37(50(35)21-28-12-15-52-28)22-49-13-10-25(11-14-49)29-4-3-5-36-39(29)54-41(2,53-36)31-8-6-24(20-44)16-32(31)42/h3-9,16-19,25,28H,10-15,21-22H2,1-2H3,(H,45,51)(H,47,48)/t28-,41?/m0/s1. The van der Waals surface area contributed by atoms with Gasteiger partial charge in [0, 0.05) is 35.7 Å². The summed E-state index contributed by atoms with van der Waals surface area (Å²) in [5.74, 6) is -0.440. The van der Waals surface area contributed by atoms with E-state index in [9.17, 15) is 14.4 Å². The second kappa shape index (κ2) is 13.2. The highest BCUT2D eigenvalue weighted by Gasteiger charge is 2.43. The van der Waals surface area contributed by atoms with Gasteiger partial charge in [-0.15, -0.1) is 0 Å². The number of carbonyl (C=O) groups excluding carboxylic acids is 1. The third kappa shape index (κ3) is 6.01. The Hall–Kier alpha value is -5.84. The molecule has 54 heavy (non-hydrogen) atoms. The van der Waals surface area contributed by atoms with Crippen LogP contribution in [0.4, 0.5) is 14.5 Å². The molecule has 3 aliphatic rings. The maximum absolute atomic E-state index is 15.1. The van der Waals surface area contributed by atoms with Gasteiger partial charge in [-0.1, -0.05) is 12.1 Å². The Morgan fingerprint density at radius 1 is 1.06 bits per heavy atom. The average molecular weight is 730 g/mol. The Morgan fingerprint density at radius 3 is 2.65 bits per heavy atom. The molecule has 6 aromatic rings. The van der Waals surface area contributed by atoms with Gasteiger partial charge < -0.3 is 24.1 Å². The number of hydrogen-bond acceptors (Lipinski definition) is 8. The number of amides is 1. The predicted octanol–water partition coefficient (Wildman–Crippen LogP) is 7.44. The maximum atomic E-state index is 15.1. The molecule has 9 rings (SSSR count). The number of piperidine rings is 1. The van der Waals surface area contributed by atoms with Gasteiger partial charge in [-0.05, 0) is 99.8 Å². The molecular weight excluding hydrogens is 692 g/mol. The summed E-state index contributed by atoms with van der Waals surface area (Å²) in [5.41, 5.74) is 4.85. The summed E-state index contributed by atoms with van der Waals surface area (Å²) in [6, 6.07) is 20.6. The molecule has 1 unspecified atom stereocenters. The Kier molecular flexibility index (Phi) is 8.32. The number of rotatable bonds is 8. The lowest BCUT2D eigenvalue weighted by molar-refractivity contribution is -0.0712. The van der Waals surface area contributed by atoms with Crippen molar-refractivity contribution in [2.75, 3.05) is 25.0 Å². The first-order valence-electron chi connectivity index (χ1n) is 18.2. The van der Waals surface area contributed by atoms with Crippen LogP contribution < -0.4 is 14.8 Å². The van der Waals surface area contributed by atoms with Gasteiger partial charge in [-0.3, -0.25) is 14.8 Å². The molecular formula is C41H37F2N7O4. The fourth-order valence-corrected chi connectivity index (χ4v) is 7.89. The van der Waals surface area contributed by atoms with Gasteiger partial charge in [-0.2, -0.15) is 10.4 Å². The minimum absolute atomic E-state index is 0.108. The second-order valence-corrected chi connectivity index (χ2v) is 14.4. The van der Waals surface area contributed by atoms with E-state index in [1.54, 1.807) is 44.2 Å². The summed E-state index contributed by atoms with van der Waals surface area (Å²) in [7, 11) is 0. The van der Waals surface area contributed by atoms with Crippen LogP contribution in [0.5, 0.6) is 11.5 Å². The van der Waals surface area contributed by atoms with Crippen molar-refractivity contribution >= 4 is 33.5 Å². The van der Waals surface area contributed by atoms with E-state index in [0.29, 0.717) is 58.0 Å². The number of aromatic nitrogens is 4. The van der Waals surface area contributed by atoms with Crippen molar-refractivity contribution in [1.82, 2.24) is 24.6 Å². The van der Waals surface area contributed by atoms with E-state index in [1.807, 2.05) is 24.3 Å². The van der Waals surface area contributed by atoms with E-state index >= 15 is 4.39 Å². The van der Waals surface area contributed by atoms with Crippen LogP contribution in [0.3, 0.4) is 0 Å². The van der Waals surface area contributed by atoms with Gasteiger partial charge in [0.1, 0.15) is 17.2 Å². The number of likely N-dealkylation sites (tertiary alicyclic amines) is 1. The SMILES string of the molecule is Cc1n[nH]c2c(F)cc(NC(=O)c3ccc4c(c3)nc(CN3CCC(c5cccc6c5OC(C)(c5ccc(C#N)cc5F)O6)CC3)n4C[C@@H]3CCO3)cc12. The van der Waals surface area contributed by atoms with Gasteiger partial charge in [0.15, 0.2) is 17.3 Å². The Morgan fingerprint density at radius 2 is 1.89 bits per heavy atom. The number of H-pyrrole nitrogens is 1. The number of aromatic amines is 1. The summed E-state index contributed by atoms with van der Waals surface area (Å²) in [4.78, 5) is 20.8. The minimum atomic E-state index is -1.35. The highest BCUT2D eigenvalue weighted by atomic mass is 19.1. The fourth-order valence-electron chi connectivity index (χ4n) is 7.89. The van der Waals surface area contributed by atoms with E-state index in [1.165, 1.54) is 12.1 Å². The Balaban J connectivity index is 0.912. The molecule has 2 fully saturated rings. The van der Waals surface area contributed by atoms with E-state index in [-0.39, 0.29) is 29.1 Å². The topological polar surface area (TPSA) is 130 Å². The van der Waals surface area contributed by atoms with Crippen LogP contribution in [0.1, 0.15) is 70.7 Å². The maximum Gasteiger partial charge on any atom is 0.278 e. The molecule has 11 nitrogen and oxygen atoms in total. The molecule has 0 radical (unpaired) electrons. The van der Waals surface area contributed by atoms with Gasteiger partial charge in [0.25, 0.3) is 11.7 Å². The average Bonchev–Trinajstić information content (AvgIpc) is 3.81. The molecule has 4 aromatic carbocycles. The number of carbonyl (C=O) groups is 1. The highest BCUT2D eigenvalue weighted by molar-refractivity contribution is 6.06. The van der Waals surface area contributed by atoms with Crippen molar-refractivity contribution in [2.24, 2.45) is 0 Å². The zero-order valence-corrected chi connectivity index (χ0v) is 29.8. The molecule has 0 bridgehead atoms. The summed E-state index contributed by atoms with van der Waals surface area (Å²) >= 11 is 0. The van der Waals surface area contributed by atoms with Crippen molar-refractivity contribution in [3.05, 3.63) is 112 Å². The van der Waals surface area contributed by atoms with E-state index in [4.69, 9.17) is 19.2 Å². The number of para-hydroxylation sites is 1. The molecule has 1 amide bonds. The number of anilines is 1. The first kappa shape index (κ1) is 34.0. The summed E-state index contributed by atoms with van der Waals surface area (Å²) in [5, 5.41) is 19.4. The fraction of sp³-hybridized carbons (Fsp3) is 0.317. The monoisotopic (exact) mass is 729 g/mol. The summed E-state index contributed by atoms with van der Waals surface area (Å²) in [6.07, 6.45) is 2.84. The second-order valence-electron chi connectivity index (χ2n) is 14.4. The number of fused-ring (bicyclic) bond motifs is 3. The smallest absolute Gasteiger partial charge is 0.278 e. The number of aryl methyl sites for hydroxylation is 1. The quantitative estimate of drug-likeness (QED) is 0.165. The van der Waals surface area contributed by atoms with Crippen LogP contribution in [0, 0.1) is 29.9 Å². The van der Waals surface area contributed by atoms with Crippen molar-refractivity contribution < 1.29 is 27.8 Å². The molecule has 2 N–H and O–H groups in total. The largest absolute Gasteiger partial charge is 0.444 e. The summed E-state index contributed by atoms with van der Waals surface area (Å²) < 4.78 is 50.4. The number of nitrogens with one attached hydrogen (secondary N) is 2. The van der Waals surface area contributed by atoms with E-state index in [2.05, 4.69) is 31.0 Å². The third-order valence-corrected chi connectivity index (χ3v) is 10.9. The molecule has 2 saturated heterocycles. The van der Waals surface area contributed by atoms with Crippen molar-refractivity contribution in [1.29, 1.82) is 5.26 Å². The first-order chi connectivity index (χ1) is 26.2. The minimum Gasteiger partial charge on any atom is -0.444 e. The van der Waals surface area contributed by atoms with Crippen LogP contribution in [-0.4, -0.2) is 56.4 Å². The zero-order chi connectivity index (χ0) is 37.1. The molecule has 0 saturated carbocycles. The highest BCUT2D eigenvalue weighted by Crippen LogP contribution is 2.50. The Bertz CT molecular complexity index is 2500. The molecule has 2 aromatic heterocycles. The molecule has 3 aliphatic heterocycles. The normalized spacial score (nSPS) is 19.9. The van der Waals surface area contributed by atoms with Crippen molar-refractivity contribution in [2.45, 2.75) is 64.0 Å². The summed E-state index contributed by atoms with van der Waals surface area (Å²) in [6.45, 7) is 7.17. The first-order valence-corrected chi connectivity index (χ1v) is 18.2. The van der Waals surface area contributed by atoms with E-state index < -0.39 is 17.4 Å². The molecule has 13 heteroatoms. The lowest BCUT2D eigenvalue weighted by atomic mass is 9.88. The number of halogens is 2. The lowest BCUT2D eigenvalue weighted by Gasteiger charge is -2.33. The zero-order valence-electron chi connectivity index (χ0n) is 29.8. The molecule has 5 heterocycles. The van der Waals surface area contributed by atoms with E-state index in [0.717, 1.165) is 55.9 Å². The van der Waals surface area contributed by atoms with Crippen LogP contribution in [0.15, 0.2) is 66.7 Å². The Labute approximate surface area is 309 Å². The lowest BCUT2D eigenvalue weighted by Crippen LogP contribution is -2.35. The van der Waals surface area contributed by atoms with Crippen LogP contribution >= 0.6 is 0 Å². The number of imidazole rings is 1. The number of ether oxygens (including phenoxy) is 3. The number of nitrogens with zero attached hydrogens (tertiary/aromatic N) is 5. The number of hydrogen-bond donors (Lipinski definition) is 2. The third-order valence-electron chi connectivity index (χ3n) is 10.9. The van der Waals surface area contributed by atoms with Gasteiger partial charge in [-0.25, -0.2) is 13.8 Å².